The molecule has 0 radical (unpaired) electrons. The number of nitrogen functional groups attached to an aromatic ring is 1. The number of ether oxygens (including phenoxy) is 1. The smallest absolute Gasteiger partial charge is 0.338 e. The molecule has 0 saturated carbocycles. The molecule has 2 atom stereocenters. The third-order valence-corrected chi connectivity index (χ3v) is 2.77. The highest BCUT2D eigenvalue weighted by molar-refractivity contribution is 6.31. The molecule has 20 heavy (non-hydrogen) atoms. The molecule has 2 unspecified atom stereocenters. The van der Waals surface area contributed by atoms with E-state index in [-0.39, 0.29) is 28.4 Å². The molecular weight excluding hydrogens is 290 g/mol. The summed E-state index contributed by atoms with van der Waals surface area (Å²) in [5.74, 6) is -2.39. The van der Waals surface area contributed by atoms with Crippen LogP contribution in [0.2, 0.25) is 5.02 Å². The molecule has 5 N–H and O–H groups in total. The lowest BCUT2D eigenvalue weighted by atomic mass is 9.99. The van der Waals surface area contributed by atoms with Crippen molar-refractivity contribution in [2.75, 3.05) is 12.3 Å². The summed E-state index contributed by atoms with van der Waals surface area (Å²) >= 11 is 5.73. The van der Waals surface area contributed by atoms with Crippen LogP contribution in [0.15, 0.2) is 12.1 Å². The number of aliphatic hydroxyl groups is 2. The van der Waals surface area contributed by atoms with Gasteiger partial charge in [0.25, 0.3) is 0 Å². The summed E-state index contributed by atoms with van der Waals surface area (Å²) in [7, 11) is 0. The number of carboxylic acids is 1. The Bertz CT molecular complexity index is 533. The molecule has 0 saturated heterocycles. The van der Waals surface area contributed by atoms with Gasteiger partial charge in [0.2, 0.25) is 0 Å². The van der Waals surface area contributed by atoms with Crippen molar-refractivity contribution in [1.82, 2.24) is 0 Å². The van der Waals surface area contributed by atoms with Crippen LogP contribution in [0.4, 0.5) is 5.69 Å². The average Bonchev–Trinajstić information content (AvgIpc) is 2.39. The Morgan fingerprint density at radius 3 is 2.50 bits per heavy atom. The molecule has 1 rings (SSSR count). The molecule has 0 aliphatic heterocycles. The molecule has 0 aliphatic rings. The number of benzene rings is 1. The number of hydrogen-bond donors (Lipinski definition) is 4. The van der Waals surface area contributed by atoms with E-state index in [1.165, 1.54) is 13.0 Å². The molecule has 110 valence electrons. The average molecular weight is 304 g/mol. The summed E-state index contributed by atoms with van der Waals surface area (Å²) in [6.07, 6.45) is -3.64. The first-order valence-corrected chi connectivity index (χ1v) is 6.02. The van der Waals surface area contributed by atoms with E-state index in [1.807, 2.05) is 0 Å². The zero-order valence-electron chi connectivity index (χ0n) is 10.5. The van der Waals surface area contributed by atoms with E-state index in [4.69, 9.17) is 22.4 Å². The SMILES string of the molecule is CCOC(=O)C(O)C(O)c1cc(Cl)cc(C(=O)O)c1N. The maximum atomic E-state index is 11.4. The topological polar surface area (TPSA) is 130 Å². The first-order chi connectivity index (χ1) is 9.29. The largest absolute Gasteiger partial charge is 0.478 e. The van der Waals surface area contributed by atoms with Crippen LogP contribution in [0.5, 0.6) is 0 Å². The van der Waals surface area contributed by atoms with E-state index in [9.17, 15) is 19.8 Å². The minimum atomic E-state index is -1.89. The van der Waals surface area contributed by atoms with Gasteiger partial charge in [0.05, 0.1) is 17.9 Å². The standard InChI is InChI=1S/C12H14ClNO6/c1-2-20-12(19)10(16)9(15)6-3-5(13)4-7(8(6)14)11(17)18/h3-4,9-10,15-16H,2,14H2,1H3,(H,17,18). The number of rotatable bonds is 5. The van der Waals surface area contributed by atoms with Gasteiger partial charge < -0.3 is 25.8 Å². The minimum absolute atomic E-state index is 0.00158. The number of aliphatic hydroxyl groups excluding tert-OH is 2. The predicted molar refractivity (Wildman–Crippen MR) is 70.4 cm³/mol. The van der Waals surface area contributed by atoms with E-state index < -0.39 is 24.1 Å². The molecular formula is C12H14ClNO6. The summed E-state index contributed by atoms with van der Waals surface area (Å²) in [4.78, 5) is 22.3. The number of halogens is 1. The second kappa shape index (κ2) is 6.56. The van der Waals surface area contributed by atoms with Crippen LogP contribution in [-0.2, 0) is 9.53 Å². The predicted octanol–water partition coefficient (Wildman–Crippen LogP) is 0.578. The Morgan fingerprint density at radius 2 is 2.00 bits per heavy atom. The van der Waals surface area contributed by atoms with Gasteiger partial charge in [-0.3, -0.25) is 0 Å². The number of anilines is 1. The van der Waals surface area contributed by atoms with Gasteiger partial charge in [-0.05, 0) is 19.1 Å². The molecule has 0 heterocycles. The Morgan fingerprint density at radius 1 is 1.40 bits per heavy atom. The summed E-state index contributed by atoms with van der Waals surface area (Å²) in [6.45, 7) is 1.56. The fourth-order valence-corrected chi connectivity index (χ4v) is 1.81. The van der Waals surface area contributed by atoms with Crippen molar-refractivity contribution in [3.05, 3.63) is 28.3 Å². The lowest BCUT2D eigenvalue weighted by Crippen LogP contribution is -2.30. The van der Waals surface area contributed by atoms with Crippen LogP contribution in [0.3, 0.4) is 0 Å². The third kappa shape index (κ3) is 3.38. The Balaban J connectivity index is 3.19. The maximum absolute atomic E-state index is 11.4. The minimum Gasteiger partial charge on any atom is -0.478 e. The quantitative estimate of drug-likeness (QED) is 0.462. The van der Waals surface area contributed by atoms with Gasteiger partial charge in [0, 0.05) is 10.6 Å². The van der Waals surface area contributed by atoms with E-state index in [1.54, 1.807) is 0 Å². The lowest BCUT2D eigenvalue weighted by Gasteiger charge is -2.19. The first-order valence-electron chi connectivity index (χ1n) is 5.64. The van der Waals surface area contributed by atoms with Crippen LogP contribution in [0.1, 0.15) is 28.9 Å². The Labute approximate surface area is 119 Å². The third-order valence-electron chi connectivity index (χ3n) is 2.55. The number of carbonyl (C=O) groups excluding carboxylic acids is 1. The van der Waals surface area contributed by atoms with E-state index in [2.05, 4.69) is 4.74 Å². The monoisotopic (exact) mass is 303 g/mol. The molecule has 1 aromatic rings. The first kappa shape index (κ1) is 16.2. The van der Waals surface area contributed by atoms with Crippen LogP contribution in [-0.4, -0.2) is 40.0 Å². The molecule has 0 amide bonds. The molecule has 7 nitrogen and oxygen atoms in total. The number of aromatic carboxylic acids is 1. The van der Waals surface area contributed by atoms with Crippen molar-refractivity contribution < 1.29 is 29.6 Å². The molecule has 0 spiro atoms. The van der Waals surface area contributed by atoms with E-state index >= 15 is 0 Å². The fourth-order valence-electron chi connectivity index (χ4n) is 1.59. The summed E-state index contributed by atoms with van der Waals surface area (Å²) in [5.41, 5.74) is 4.84. The molecule has 8 heteroatoms. The van der Waals surface area contributed by atoms with Gasteiger partial charge in [0.15, 0.2) is 6.10 Å². The van der Waals surface area contributed by atoms with E-state index in [0.29, 0.717) is 0 Å². The van der Waals surface area contributed by atoms with Crippen molar-refractivity contribution in [3.63, 3.8) is 0 Å². The number of hydrogen-bond acceptors (Lipinski definition) is 6. The number of nitrogens with two attached hydrogens (primary N) is 1. The van der Waals surface area contributed by atoms with Gasteiger partial charge >= 0.3 is 11.9 Å². The van der Waals surface area contributed by atoms with Gasteiger partial charge in [0.1, 0.15) is 6.10 Å². The normalized spacial score (nSPS) is 13.6. The summed E-state index contributed by atoms with van der Waals surface area (Å²) in [6, 6.07) is 2.28. The van der Waals surface area contributed by atoms with Crippen molar-refractivity contribution in [2.45, 2.75) is 19.1 Å². The fraction of sp³-hybridized carbons (Fsp3) is 0.333. The summed E-state index contributed by atoms with van der Waals surface area (Å²) < 4.78 is 4.56. The van der Waals surface area contributed by atoms with Gasteiger partial charge in [-0.15, -0.1) is 0 Å². The Hall–Kier alpha value is -1.83. The zero-order chi connectivity index (χ0) is 15.4. The highest BCUT2D eigenvalue weighted by Crippen LogP contribution is 2.30. The highest BCUT2D eigenvalue weighted by Gasteiger charge is 2.30. The van der Waals surface area contributed by atoms with Crippen molar-refractivity contribution in [2.24, 2.45) is 0 Å². The van der Waals surface area contributed by atoms with E-state index in [0.717, 1.165) is 6.07 Å². The lowest BCUT2D eigenvalue weighted by molar-refractivity contribution is -0.159. The zero-order valence-corrected chi connectivity index (χ0v) is 11.3. The molecule has 0 fully saturated rings. The molecule has 1 aromatic carbocycles. The highest BCUT2D eigenvalue weighted by atomic mass is 35.5. The van der Waals surface area contributed by atoms with Crippen LogP contribution in [0, 0.1) is 0 Å². The molecule has 0 bridgehead atoms. The van der Waals surface area contributed by atoms with Crippen LogP contribution >= 0.6 is 11.6 Å². The molecule has 0 aromatic heterocycles. The maximum Gasteiger partial charge on any atom is 0.338 e. The second-order valence-corrected chi connectivity index (χ2v) is 4.34. The molecule has 0 aliphatic carbocycles. The van der Waals surface area contributed by atoms with Crippen LogP contribution < -0.4 is 5.73 Å². The second-order valence-electron chi connectivity index (χ2n) is 3.90. The van der Waals surface area contributed by atoms with Gasteiger partial charge in [-0.25, -0.2) is 9.59 Å². The van der Waals surface area contributed by atoms with Gasteiger partial charge in [-0.2, -0.15) is 0 Å². The van der Waals surface area contributed by atoms with Crippen molar-refractivity contribution in [3.8, 4) is 0 Å². The number of carboxylic acid groups (broad SMARTS) is 1. The Kier molecular flexibility index (Phi) is 5.32. The summed E-state index contributed by atoms with van der Waals surface area (Å²) in [5, 5.41) is 28.5. The van der Waals surface area contributed by atoms with Crippen molar-refractivity contribution in [1.29, 1.82) is 0 Å². The number of carbonyl (C=O) groups is 2. The van der Waals surface area contributed by atoms with Crippen LogP contribution in [0.25, 0.3) is 0 Å². The van der Waals surface area contributed by atoms with Gasteiger partial charge in [-0.1, -0.05) is 11.6 Å². The van der Waals surface area contributed by atoms with Crippen molar-refractivity contribution >= 4 is 29.2 Å². The number of esters is 1.